The number of pyridine rings is 1. The van der Waals surface area contributed by atoms with Crippen LogP contribution in [0.2, 0.25) is 5.02 Å². The van der Waals surface area contributed by atoms with E-state index in [2.05, 4.69) is 20.6 Å². The SMILES string of the molecule is CC(C)(C)OC(=O)NC1C=NC(C)(c2cc(NC(=O)c3ccc(Cl)cn3)ccc2F)C(F)(F)CO1. The normalized spacial score (nSPS) is 21.7. The van der Waals surface area contributed by atoms with Crippen molar-refractivity contribution in [1.29, 1.82) is 0 Å². The van der Waals surface area contributed by atoms with E-state index in [-0.39, 0.29) is 11.4 Å². The highest BCUT2D eigenvalue weighted by Gasteiger charge is 2.54. The van der Waals surface area contributed by atoms with E-state index >= 15 is 8.78 Å². The van der Waals surface area contributed by atoms with Gasteiger partial charge in [-0.25, -0.2) is 22.9 Å². The molecule has 1 aliphatic rings. The van der Waals surface area contributed by atoms with Crippen LogP contribution in [0, 0.1) is 5.82 Å². The second-order valence-electron chi connectivity index (χ2n) is 8.94. The van der Waals surface area contributed by atoms with E-state index in [4.69, 9.17) is 21.1 Å². The molecular formula is C23H24ClF3N4O4. The standard InChI is InChI=1S/C23H24ClF3N4O4/c1-21(2,3)35-20(33)31-18-11-29-22(4,23(26,27)12-34-18)15-9-14(6-7-16(15)25)30-19(32)17-8-5-13(24)10-28-17/h5-11,18H,12H2,1-4H3,(H,30,32)(H,31,33). The Labute approximate surface area is 204 Å². The van der Waals surface area contributed by atoms with Crippen molar-refractivity contribution in [1.82, 2.24) is 10.3 Å². The quantitative estimate of drug-likeness (QED) is 0.605. The van der Waals surface area contributed by atoms with Gasteiger partial charge in [-0.2, -0.15) is 0 Å². The van der Waals surface area contributed by atoms with Crippen LogP contribution in [0.15, 0.2) is 41.5 Å². The van der Waals surface area contributed by atoms with Crippen molar-refractivity contribution in [2.45, 2.75) is 51.0 Å². The van der Waals surface area contributed by atoms with E-state index in [1.54, 1.807) is 20.8 Å². The van der Waals surface area contributed by atoms with E-state index in [0.717, 1.165) is 25.3 Å². The maximum Gasteiger partial charge on any atom is 0.409 e. The molecule has 2 heterocycles. The Hall–Kier alpha value is -3.18. The summed E-state index contributed by atoms with van der Waals surface area (Å²) in [6.45, 7) is 4.77. The summed E-state index contributed by atoms with van der Waals surface area (Å²) < 4.78 is 55.4. The Balaban J connectivity index is 1.87. The van der Waals surface area contributed by atoms with E-state index in [1.165, 1.54) is 24.4 Å². The van der Waals surface area contributed by atoms with Crippen LogP contribution in [0.1, 0.15) is 43.7 Å². The summed E-state index contributed by atoms with van der Waals surface area (Å²) in [6.07, 6.45) is -0.00411. The fourth-order valence-electron chi connectivity index (χ4n) is 3.14. The van der Waals surface area contributed by atoms with Crippen LogP contribution in [0.5, 0.6) is 0 Å². The lowest BCUT2D eigenvalue weighted by Gasteiger charge is -2.33. The Morgan fingerprint density at radius 1 is 1.23 bits per heavy atom. The second-order valence-corrected chi connectivity index (χ2v) is 9.38. The van der Waals surface area contributed by atoms with Crippen molar-refractivity contribution in [3.8, 4) is 0 Å². The smallest absolute Gasteiger partial charge is 0.409 e. The number of carbonyl (C=O) groups is 2. The zero-order valence-electron chi connectivity index (χ0n) is 19.4. The summed E-state index contributed by atoms with van der Waals surface area (Å²) in [5, 5.41) is 5.10. The molecule has 2 amide bonds. The minimum absolute atomic E-state index is 0.0220. The van der Waals surface area contributed by atoms with Crippen molar-refractivity contribution in [3.05, 3.63) is 58.6 Å². The summed E-state index contributed by atoms with van der Waals surface area (Å²) in [4.78, 5) is 32.2. The fraction of sp³-hybridized carbons (Fsp3) is 0.391. The largest absolute Gasteiger partial charge is 0.444 e. The number of aliphatic imine (C=N–C) groups is 1. The molecular weight excluding hydrogens is 489 g/mol. The van der Waals surface area contributed by atoms with Crippen molar-refractivity contribution in [2.24, 2.45) is 4.99 Å². The minimum atomic E-state index is -3.69. The molecule has 8 nitrogen and oxygen atoms in total. The van der Waals surface area contributed by atoms with Crippen LogP contribution >= 0.6 is 11.6 Å². The van der Waals surface area contributed by atoms with E-state index in [1.807, 2.05) is 0 Å². The lowest BCUT2D eigenvalue weighted by molar-refractivity contribution is -0.129. The third-order valence-electron chi connectivity index (χ3n) is 4.99. The Bertz CT molecular complexity index is 1140. The van der Waals surface area contributed by atoms with Gasteiger partial charge in [-0.1, -0.05) is 11.6 Å². The highest BCUT2D eigenvalue weighted by Crippen LogP contribution is 2.44. The maximum atomic E-state index is 15.2. The van der Waals surface area contributed by atoms with Gasteiger partial charge in [-0.15, -0.1) is 0 Å². The number of ether oxygens (including phenoxy) is 2. The summed E-state index contributed by atoms with van der Waals surface area (Å²) in [6, 6.07) is 6.07. The average molecular weight is 513 g/mol. The predicted molar refractivity (Wildman–Crippen MR) is 124 cm³/mol. The molecule has 2 atom stereocenters. The Morgan fingerprint density at radius 3 is 2.57 bits per heavy atom. The molecule has 0 spiro atoms. The van der Waals surface area contributed by atoms with Gasteiger partial charge < -0.3 is 14.8 Å². The number of halogens is 4. The van der Waals surface area contributed by atoms with Gasteiger partial charge in [0, 0.05) is 23.7 Å². The predicted octanol–water partition coefficient (Wildman–Crippen LogP) is 4.93. The summed E-state index contributed by atoms with van der Waals surface area (Å²) in [7, 11) is 0. The summed E-state index contributed by atoms with van der Waals surface area (Å²) >= 11 is 5.76. The fourth-order valence-corrected chi connectivity index (χ4v) is 3.25. The van der Waals surface area contributed by atoms with Gasteiger partial charge >= 0.3 is 6.09 Å². The third-order valence-corrected chi connectivity index (χ3v) is 5.22. The zero-order chi connectivity index (χ0) is 26.0. The number of amides is 2. The molecule has 188 valence electrons. The second kappa shape index (κ2) is 9.82. The Morgan fingerprint density at radius 2 is 1.94 bits per heavy atom. The molecule has 2 aromatic rings. The van der Waals surface area contributed by atoms with E-state index in [0.29, 0.717) is 5.02 Å². The molecule has 1 aliphatic heterocycles. The number of alkyl carbamates (subject to hydrolysis) is 1. The van der Waals surface area contributed by atoms with Crippen LogP contribution in [0.4, 0.5) is 23.7 Å². The molecule has 2 N–H and O–H groups in total. The number of hydrogen-bond acceptors (Lipinski definition) is 6. The maximum absolute atomic E-state index is 15.2. The molecule has 3 rings (SSSR count). The number of benzene rings is 1. The van der Waals surface area contributed by atoms with Gasteiger partial charge in [0.1, 0.15) is 23.7 Å². The van der Waals surface area contributed by atoms with Crippen LogP contribution in [-0.4, -0.2) is 47.6 Å². The van der Waals surface area contributed by atoms with Crippen molar-refractivity contribution >= 4 is 35.5 Å². The summed E-state index contributed by atoms with van der Waals surface area (Å²) in [5.74, 6) is -5.30. The molecule has 2 unspecified atom stereocenters. The van der Waals surface area contributed by atoms with Crippen LogP contribution in [0.25, 0.3) is 0 Å². The average Bonchev–Trinajstić information content (AvgIpc) is 2.86. The molecule has 35 heavy (non-hydrogen) atoms. The molecule has 0 saturated carbocycles. The van der Waals surface area contributed by atoms with Crippen molar-refractivity contribution in [3.63, 3.8) is 0 Å². The molecule has 0 aliphatic carbocycles. The first-order chi connectivity index (χ1) is 16.2. The highest BCUT2D eigenvalue weighted by atomic mass is 35.5. The van der Waals surface area contributed by atoms with Gasteiger partial charge in [-0.3, -0.25) is 15.1 Å². The van der Waals surface area contributed by atoms with Crippen LogP contribution in [-0.2, 0) is 15.0 Å². The number of carbonyl (C=O) groups excluding carboxylic acids is 2. The van der Waals surface area contributed by atoms with Gasteiger partial charge in [-0.05, 0) is 58.0 Å². The van der Waals surface area contributed by atoms with Crippen LogP contribution in [0.3, 0.4) is 0 Å². The first-order valence-electron chi connectivity index (χ1n) is 10.5. The number of nitrogens with zero attached hydrogens (tertiary/aromatic N) is 2. The first-order valence-corrected chi connectivity index (χ1v) is 10.9. The lowest BCUT2D eigenvalue weighted by atomic mass is 9.85. The molecule has 0 fully saturated rings. The topological polar surface area (TPSA) is 102 Å². The van der Waals surface area contributed by atoms with Crippen molar-refractivity contribution < 1.29 is 32.2 Å². The zero-order valence-corrected chi connectivity index (χ0v) is 20.1. The first kappa shape index (κ1) is 26.4. The van der Waals surface area contributed by atoms with E-state index < -0.39 is 53.3 Å². The molecule has 1 aromatic carbocycles. The van der Waals surface area contributed by atoms with Crippen molar-refractivity contribution in [2.75, 3.05) is 11.9 Å². The van der Waals surface area contributed by atoms with Crippen LogP contribution < -0.4 is 10.6 Å². The van der Waals surface area contributed by atoms with Gasteiger partial charge in [0.15, 0.2) is 11.8 Å². The number of rotatable bonds is 4. The minimum Gasteiger partial charge on any atom is -0.444 e. The number of nitrogens with one attached hydrogen (secondary N) is 2. The van der Waals surface area contributed by atoms with E-state index in [9.17, 15) is 14.0 Å². The Kier molecular flexibility index (Phi) is 7.42. The van der Waals surface area contributed by atoms with Gasteiger partial charge in [0.05, 0.1) is 5.02 Å². The molecule has 1 aromatic heterocycles. The number of aromatic nitrogens is 1. The number of hydrogen-bond donors (Lipinski definition) is 2. The molecule has 0 saturated heterocycles. The van der Waals surface area contributed by atoms with Gasteiger partial charge in [0.2, 0.25) is 0 Å². The summed E-state index contributed by atoms with van der Waals surface area (Å²) in [5.41, 5.74) is -3.65. The highest BCUT2D eigenvalue weighted by molar-refractivity contribution is 6.30. The number of anilines is 1. The lowest BCUT2D eigenvalue weighted by Crippen LogP contribution is -2.45. The molecule has 0 bridgehead atoms. The third kappa shape index (κ3) is 6.29. The number of alkyl halides is 2. The molecule has 0 radical (unpaired) electrons. The molecule has 12 heteroatoms. The van der Waals surface area contributed by atoms with Gasteiger partial charge in [0.25, 0.3) is 11.8 Å². The monoisotopic (exact) mass is 512 g/mol.